The predicted molar refractivity (Wildman–Crippen MR) is 76.6 cm³/mol. The van der Waals surface area contributed by atoms with Crippen molar-refractivity contribution in [3.63, 3.8) is 0 Å². The van der Waals surface area contributed by atoms with Gasteiger partial charge in [0.15, 0.2) is 0 Å². The minimum Gasteiger partial charge on any atom is -0.392 e. The third-order valence-corrected chi connectivity index (χ3v) is 5.01. The molecule has 1 aliphatic carbocycles. The molecule has 3 nitrogen and oxygen atoms in total. The Balaban J connectivity index is 1.75. The summed E-state index contributed by atoms with van der Waals surface area (Å²) in [6.07, 6.45) is 3.25. The zero-order chi connectivity index (χ0) is 13.3. The van der Waals surface area contributed by atoms with Gasteiger partial charge in [-0.1, -0.05) is 36.8 Å². The summed E-state index contributed by atoms with van der Waals surface area (Å²) < 4.78 is 0. The largest absolute Gasteiger partial charge is 0.392 e. The van der Waals surface area contributed by atoms with Crippen molar-refractivity contribution in [2.75, 3.05) is 19.6 Å². The molecular formula is C16H24N2O. The highest BCUT2D eigenvalue weighted by Crippen LogP contribution is 2.43. The Bertz CT molecular complexity index is 422. The molecule has 1 saturated heterocycles. The fourth-order valence-corrected chi connectivity index (χ4v) is 3.98. The normalized spacial score (nSPS) is 35.3. The second kappa shape index (κ2) is 5.23. The number of hydrogen-bond acceptors (Lipinski definition) is 3. The molecule has 3 heteroatoms. The van der Waals surface area contributed by atoms with Crippen molar-refractivity contribution in [2.45, 2.75) is 31.9 Å². The van der Waals surface area contributed by atoms with Crippen LogP contribution in [0.4, 0.5) is 0 Å². The highest BCUT2D eigenvalue weighted by Gasteiger charge is 2.48. The molecule has 1 aliphatic heterocycles. The van der Waals surface area contributed by atoms with Crippen molar-refractivity contribution in [2.24, 2.45) is 17.1 Å². The third-order valence-electron chi connectivity index (χ3n) is 5.01. The maximum atomic E-state index is 10.5. The number of aliphatic hydroxyl groups excluding tert-OH is 1. The molecule has 3 unspecified atom stereocenters. The van der Waals surface area contributed by atoms with Crippen LogP contribution in [0.15, 0.2) is 30.3 Å². The van der Waals surface area contributed by atoms with Crippen LogP contribution in [-0.4, -0.2) is 35.7 Å². The smallest absolute Gasteiger partial charge is 0.0661 e. The molecule has 3 N–H and O–H groups in total. The van der Waals surface area contributed by atoms with Crippen LogP contribution >= 0.6 is 0 Å². The summed E-state index contributed by atoms with van der Waals surface area (Å²) in [4.78, 5) is 2.48. The van der Waals surface area contributed by atoms with Crippen molar-refractivity contribution in [1.29, 1.82) is 0 Å². The van der Waals surface area contributed by atoms with Crippen LogP contribution in [0.5, 0.6) is 0 Å². The lowest BCUT2D eigenvalue weighted by molar-refractivity contribution is -0.111. The average Bonchev–Trinajstić information content (AvgIpc) is 2.42. The van der Waals surface area contributed by atoms with Crippen LogP contribution < -0.4 is 5.73 Å². The highest BCUT2D eigenvalue weighted by molar-refractivity contribution is 5.15. The van der Waals surface area contributed by atoms with Gasteiger partial charge in [0.25, 0.3) is 0 Å². The molecule has 2 bridgehead atoms. The molecule has 0 aromatic heterocycles. The van der Waals surface area contributed by atoms with Crippen LogP contribution in [-0.2, 0) is 6.54 Å². The Labute approximate surface area is 115 Å². The van der Waals surface area contributed by atoms with Gasteiger partial charge >= 0.3 is 0 Å². The first kappa shape index (κ1) is 13.1. The first-order valence-corrected chi connectivity index (χ1v) is 7.38. The minimum atomic E-state index is -0.196. The van der Waals surface area contributed by atoms with Crippen molar-refractivity contribution in [1.82, 2.24) is 4.90 Å². The van der Waals surface area contributed by atoms with E-state index in [0.717, 1.165) is 32.5 Å². The SMILES string of the molecule is NCC12CCCC(CN(Cc3ccccc3)C1)C2O. The van der Waals surface area contributed by atoms with Gasteiger partial charge in [-0.25, -0.2) is 0 Å². The first-order chi connectivity index (χ1) is 9.23. The number of nitrogens with two attached hydrogens (primary N) is 1. The predicted octanol–water partition coefficient (Wildman–Crippen LogP) is 1.61. The molecule has 3 atom stereocenters. The van der Waals surface area contributed by atoms with E-state index >= 15 is 0 Å². The fraction of sp³-hybridized carbons (Fsp3) is 0.625. The number of aliphatic hydroxyl groups is 1. The average molecular weight is 260 g/mol. The summed E-state index contributed by atoms with van der Waals surface area (Å²) in [5, 5.41) is 10.5. The lowest BCUT2D eigenvalue weighted by Crippen LogP contribution is -2.61. The van der Waals surface area contributed by atoms with Gasteiger partial charge in [0.05, 0.1) is 6.10 Å². The number of hydrogen-bond donors (Lipinski definition) is 2. The second-order valence-corrected chi connectivity index (χ2v) is 6.32. The lowest BCUT2D eigenvalue weighted by Gasteiger charge is -2.53. The van der Waals surface area contributed by atoms with Crippen molar-refractivity contribution in [3.8, 4) is 0 Å². The van der Waals surface area contributed by atoms with Crippen LogP contribution in [0.2, 0.25) is 0 Å². The van der Waals surface area contributed by atoms with Crippen molar-refractivity contribution < 1.29 is 5.11 Å². The van der Waals surface area contributed by atoms with Crippen molar-refractivity contribution in [3.05, 3.63) is 35.9 Å². The van der Waals surface area contributed by atoms with E-state index in [1.54, 1.807) is 0 Å². The minimum absolute atomic E-state index is 0.0596. The van der Waals surface area contributed by atoms with Crippen LogP contribution in [0, 0.1) is 11.3 Å². The van der Waals surface area contributed by atoms with Gasteiger partial charge in [0, 0.05) is 31.6 Å². The monoisotopic (exact) mass is 260 g/mol. The van der Waals surface area contributed by atoms with E-state index < -0.39 is 0 Å². The summed E-state index contributed by atoms with van der Waals surface area (Å²) in [5.41, 5.74) is 7.30. The third kappa shape index (κ3) is 2.42. The Morgan fingerprint density at radius 3 is 2.84 bits per heavy atom. The van der Waals surface area contributed by atoms with E-state index in [2.05, 4.69) is 35.2 Å². The number of rotatable bonds is 3. The van der Waals surface area contributed by atoms with E-state index in [1.807, 2.05) is 0 Å². The number of benzene rings is 1. The maximum Gasteiger partial charge on any atom is 0.0661 e. The number of likely N-dealkylation sites (tertiary alicyclic amines) is 1. The van der Waals surface area contributed by atoms with Gasteiger partial charge in [-0.2, -0.15) is 0 Å². The van der Waals surface area contributed by atoms with E-state index in [0.29, 0.717) is 12.5 Å². The molecule has 0 spiro atoms. The molecule has 3 rings (SSSR count). The molecule has 19 heavy (non-hydrogen) atoms. The highest BCUT2D eigenvalue weighted by atomic mass is 16.3. The van der Waals surface area contributed by atoms with Crippen LogP contribution in [0.1, 0.15) is 24.8 Å². The van der Waals surface area contributed by atoms with Gasteiger partial charge in [-0.3, -0.25) is 4.90 Å². The van der Waals surface area contributed by atoms with Gasteiger partial charge < -0.3 is 10.8 Å². The van der Waals surface area contributed by atoms with E-state index in [9.17, 15) is 5.11 Å². The van der Waals surface area contributed by atoms with Gasteiger partial charge in [-0.05, 0) is 24.3 Å². The first-order valence-electron chi connectivity index (χ1n) is 7.38. The van der Waals surface area contributed by atoms with Crippen molar-refractivity contribution >= 4 is 0 Å². The Hall–Kier alpha value is -0.900. The summed E-state index contributed by atoms with van der Waals surface area (Å²) in [6, 6.07) is 10.6. The van der Waals surface area contributed by atoms with Crippen LogP contribution in [0.25, 0.3) is 0 Å². The Kier molecular flexibility index (Phi) is 3.61. The molecular weight excluding hydrogens is 236 g/mol. The zero-order valence-corrected chi connectivity index (χ0v) is 11.5. The fourth-order valence-electron chi connectivity index (χ4n) is 3.98. The molecule has 1 saturated carbocycles. The number of nitrogens with zero attached hydrogens (tertiary/aromatic N) is 1. The summed E-state index contributed by atoms with van der Waals surface area (Å²) in [6.45, 7) is 3.54. The molecule has 2 aliphatic rings. The van der Waals surface area contributed by atoms with E-state index in [-0.39, 0.29) is 11.5 Å². The number of piperidine rings is 1. The summed E-state index contributed by atoms with van der Waals surface area (Å²) in [7, 11) is 0. The van der Waals surface area contributed by atoms with Gasteiger partial charge in [0.1, 0.15) is 0 Å². The molecule has 104 valence electrons. The van der Waals surface area contributed by atoms with Gasteiger partial charge in [-0.15, -0.1) is 0 Å². The van der Waals surface area contributed by atoms with E-state index in [4.69, 9.17) is 5.73 Å². The standard InChI is InChI=1S/C16H24N2O/c17-11-16-8-4-7-14(15(16)19)10-18(12-16)9-13-5-2-1-3-6-13/h1-3,5-6,14-15,19H,4,7-12,17H2. The molecule has 0 radical (unpaired) electrons. The molecule has 2 fully saturated rings. The number of fused-ring (bicyclic) bond motifs is 2. The second-order valence-electron chi connectivity index (χ2n) is 6.32. The van der Waals surface area contributed by atoms with Crippen LogP contribution in [0.3, 0.4) is 0 Å². The summed E-state index contributed by atoms with van der Waals surface area (Å²) >= 11 is 0. The maximum absolute atomic E-state index is 10.5. The Morgan fingerprint density at radius 1 is 1.32 bits per heavy atom. The molecule has 1 aromatic rings. The topological polar surface area (TPSA) is 49.5 Å². The molecule has 1 heterocycles. The van der Waals surface area contributed by atoms with Gasteiger partial charge in [0.2, 0.25) is 0 Å². The zero-order valence-electron chi connectivity index (χ0n) is 11.5. The molecule has 0 amide bonds. The quantitative estimate of drug-likeness (QED) is 0.868. The van der Waals surface area contributed by atoms with E-state index in [1.165, 1.54) is 12.0 Å². The lowest BCUT2D eigenvalue weighted by atomic mass is 9.64. The Morgan fingerprint density at radius 2 is 2.11 bits per heavy atom. The molecule has 1 aromatic carbocycles. The summed E-state index contributed by atoms with van der Waals surface area (Å²) in [5.74, 6) is 0.412.